The topological polar surface area (TPSA) is 58.4 Å². The second-order valence-electron chi connectivity index (χ2n) is 6.18. The number of likely N-dealkylation sites (tertiary alicyclic amines) is 1. The van der Waals surface area contributed by atoms with E-state index in [1.165, 1.54) is 6.42 Å². The number of hydrogen-bond donors (Lipinski definition) is 1. The second kappa shape index (κ2) is 7.81. The van der Waals surface area contributed by atoms with Crippen LogP contribution in [0.1, 0.15) is 29.8 Å². The van der Waals surface area contributed by atoms with E-state index in [9.17, 15) is 4.79 Å². The molecule has 0 spiro atoms. The van der Waals surface area contributed by atoms with Gasteiger partial charge in [0.05, 0.1) is 5.02 Å². The molecule has 0 unspecified atom stereocenters. The molecule has 1 aromatic carbocycles. The Hall–Kier alpha value is -1.85. The van der Waals surface area contributed by atoms with E-state index >= 15 is 0 Å². The van der Waals surface area contributed by atoms with Crippen molar-refractivity contribution in [2.75, 3.05) is 26.7 Å². The van der Waals surface area contributed by atoms with E-state index in [1.54, 1.807) is 12.1 Å². The van der Waals surface area contributed by atoms with Crippen molar-refractivity contribution in [1.29, 1.82) is 0 Å². The Morgan fingerprint density at radius 1 is 1.38 bits per heavy atom. The van der Waals surface area contributed by atoms with E-state index in [0.717, 1.165) is 38.0 Å². The highest BCUT2D eigenvalue weighted by molar-refractivity contribution is 6.33. The first-order valence-electron chi connectivity index (χ1n) is 8.34. The van der Waals surface area contributed by atoms with Gasteiger partial charge in [0.1, 0.15) is 0 Å². The number of hydrogen-bond acceptors (Lipinski definition) is 4. The summed E-state index contributed by atoms with van der Waals surface area (Å²) in [7, 11) is 1.97. The molecule has 0 atom stereocenters. The van der Waals surface area contributed by atoms with Crippen LogP contribution >= 0.6 is 11.6 Å². The van der Waals surface area contributed by atoms with Crippen LogP contribution in [-0.2, 0) is 0 Å². The number of carbonyl (C=O) groups excluding carboxylic acids is 1. The van der Waals surface area contributed by atoms with Crippen molar-refractivity contribution in [3.05, 3.63) is 41.0 Å². The van der Waals surface area contributed by atoms with Gasteiger partial charge >= 0.3 is 0 Å². The molecule has 6 heteroatoms. The SMILES string of the molecule is CNCCC1CCN(C(=O)c2cc(-c3ccccc3Cl)on2)CC1. The van der Waals surface area contributed by atoms with Gasteiger partial charge in [-0.05, 0) is 50.9 Å². The minimum absolute atomic E-state index is 0.0656. The maximum absolute atomic E-state index is 12.6. The van der Waals surface area contributed by atoms with E-state index < -0.39 is 0 Å². The number of amides is 1. The van der Waals surface area contributed by atoms with Crippen molar-refractivity contribution in [2.45, 2.75) is 19.3 Å². The normalized spacial score (nSPS) is 15.7. The molecule has 1 aliphatic heterocycles. The van der Waals surface area contributed by atoms with E-state index in [2.05, 4.69) is 10.5 Å². The molecule has 1 aliphatic rings. The summed E-state index contributed by atoms with van der Waals surface area (Å²) in [5.74, 6) is 1.15. The second-order valence-corrected chi connectivity index (χ2v) is 6.59. The summed E-state index contributed by atoms with van der Waals surface area (Å²) >= 11 is 6.17. The molecule has 1 amide bonds. The minimum Gasteiger partial charge on any atom is -0.355 e. The molecule has 5 nitrogen and oxygen atoms in total. The van der Waals surface area contributed by atoms with Gasteiger partial charge in [0.25, 0.3) is 5.91 Å². The molecule has 128 valence electrons. The van der Waals surface area contributed by atoms with Crippen LogP contribution in [0.3, 0.4) is 0 Å². The summed E-state index contributed by atoms with van der Waals surface area (Å²) in [5, 5.41) is 7.71. The van der Waals surface area contributed by atoms with Crippen molar-refractivity contribution < 1.29 is 9.32 Å². The van der Waals surface area contributed by atoms with Crippen LogP contribution in [-0.4, -0.2) is 42.6 Å². The quantitative estimate of drug-likeness (QED) is 0.899. The first-order valence-corrected chi connectivity index (χ1v) is 8.72. The van der Waals surface area contributed by atoms with Crippen LogP contribution < -0.4 is 5.32 Å². The lowest BCUT2D eigenvalue weighted by Crippen LogP contribution is -2.39. The van der Waals surface area contributed by atoms with Crippen LogP contribution in [0.25, 0.3) is 11.3 Å². The zero-order valence-corrected chi connectivity index (χ0v) is 14.6. The van der Waals surface area contributed by atoms with Crippen molar-refractivity contribution >= 4 is 17.5 Å². The predicted molar refractivity (Wildman–Crippen MR) is 94.1 cm³/mol. The van der Waals surface area contributed by atoms with Gasteiger partial charge < -0.3 is 14.7 Å². The molecule has 2 aromatic rings. The number of nitrogens with zero attached hydrogens (tertiary/aromatic N) is 2. The Morgan fingerprint density at radius 2 is 2.12 bits per heavy atom. The highest BCUT2D eigenvalue weighted by Crippen LogP contribution is 2.28. The Bertz CT molecular complexity index is 693. The van der Waals surface area contributed by atoms with Gasteiger partial charge in [-0.3, -0.25) is 4.79 Å². The van der Waals surface area contributed by atoms with Gasteiger partial charge in [-0.15, -0.1) is 0 Å². The summed E-state index contributed by atoms with van der Waals surface area (Å²) in [6.45, 7) is 2.59. The molecule has 24 heavy (non-hydrogen) atoms. The van der Waals surface area contributed by atoms with Crippen molar-refractivity contribution in [1.82, 2.24) is 15.4 Å². The summed E-state index contributed by atoms with van der Waals surface area (Å²) in [4.78, 5) is 14.5. The maximum atomic E-state index is 12.6. The zero-order valence-electron chi connectivity index (χ0n) is 13.8. The summed E-state index contributed by atoms with van der Waals surface area (Å²) < 4.78 is 5.33. The van der Waals surface area contributed by atoms with E-state index in [-0.39, 0.29) is 5.91 Å². The van der Waals surface area contributed by atoms with Crippen molar-refractivity contribution in [2.24, 2.45) is 5.92 Å². The molecule has 1 aromatic heterocycles. The van der Waals surface area contributed by atoms with E-state index in [1.807, 2.05) is 30.1 Å². The number of rotatable bonds is 5. The molecule has 0 bridgehead atoms. The number of aromatic nitrogens is 1. The summed E-state index contributed by atoms with van der Waals surface area (Å²) in [5.41, 5.74) is 1.09. The van der Waals surface area contributed by atoms with Crippen molar-refractivity contribution in [3.63, 3.8) is 0 Å². The lowest BCUT2D eigenvalue weighted by atomic mass is 9.93. The predicted octanol–water partition coefficient (Wildman–Crippen LogP) is 3.46. The average Bonchev–Trinajstić information content (AvgIpc) is 3.10. The molecule has 0 aliphatic carbocycles. The molecule has 0 radical (unpaired) electrons. The number of carbonyl (C=O) groups is 1. The fourth-order valence-electron chi connectivity index (χ4n) is 3.10. The van der Waals surface area contributed by atoms with Gasteiger partial charge in [0.2, 0.25) is 0 Å². The van der Waals surface area contributed by atoms with E-state index in [4.69, 9.17) is 16.1 Å². The van der Waals surface area contributed by atoms with Crippen LogP contribution in [0.4, 0.5) is 0 Å². The van der Waals surface area contributed by atoms with Crippen molar-refractivity contribution in [3.8, 4) is 11.3 Å². The maximum Gasteiger partial charge on any atom is 0.276 e. The molecule has 1 fully saturated rings. The molecular weight excluding hydrogens is 326 g/mol. The lowest BCUT2D eigenvalue weighted by molar-refractivity contribution is 0.0677. The molecule has 0 saturated carbocycles. The third-order valence-corrected chi connectivity index (χ3v) is 4.90. The third kappa shape index (κ3) is 3.79. The smallest absolute Gasteiger partial charge is 0.276 e. The van der Waals surface area contributed by atoms with Gasteiger partial charge in [-0.25, -0.2) is 0 Å². The Balaban J connectivity index is 1.64. The number of benzene rings is 1. The zero-order chi connectivity index (χ0) is 16.9. The van der Waals surface area contributed by atoms with Crippen LogP contribution in [0, 0.1) is 5.92 Å². The lowest BCUT2D eigenvalue weighted by Gasteiger charge is -2.31. The summed E-state index contributed by atoms with van der Waals surface area (Å²) in [6.07, 6.45) is 3.25. The van der Waals surface area contributed by atoms with E-state index in [0.29, 0.717) is 22.4 Å². The fourth-order valence-corrected chi connectivity index (χ4v) is 3.33. The van der Waals surface area contributed by atoms with Crippen LogP contribution in [0.15, 0.2) is 34.9 Å². The van der Waals surface area contributed by atoms with Gasteiger partial charge in [0, 0.05) is 24.7 Å². The minimum atomic E-state index is -0.0656. The molecule has 2 heterocycles. The van der Waals surface area contributed by atoms with Crippen LogP contribution in [0.5, 0.6) is 0 Å². The average molecular weight is 348 g/mol. The number of halogens is 1. The fraction of sp³-hybridized carbons (Fsp3) is 0.444. The number of nitrogens with one attached hydrogen (secondary N) is 1. The molecule has 1 N–H and O–H groups in total. The molecular formula is C18H22ClN3O2. The van der Waals surface area contributed by atoms with Gasteiger partial charge in [-0.1, -0.05) is 28.9 Å². The first kappa shape index (κ1) is 17.0. The van der Waals surface area contributed by atoms with Crippen LogP contribution in [0.2, 0.25) is 5.02 Å². The molecule has 3 rings (SSSR count). The highest BCUT2D eigenvalue weighted by atomic mass is 35.5. The number of piperidine rings is 1. The van der Waals surface area contributed by atoms with Gasteiger partial charge in [0.15, 0.2) is 11.5 Å². The molecule has 1 saturated heterocycles. The monoisotopic (exact) mass is 347 g/mol. The largest absolute Gasteiger partial charge is 0.355 e. The standard InChI is InChI=1S/C18H22ClN3O2/c1-20-9-6-13-7-10-22(11-8-13)18(23)16-12-17(24-21-16)14-4-2-3-5-15(14)19/h2-5,12-13,20H,6-11H2,1H3. The Labute approximate surface area is 147 Å². The van der Waals surface area contributed by atoms with Gasteiger partial charge in [-0.2, -0.15) is 0 Å². The Kier molecular flexibility index (Phi) is 5.53. The summed E-state index contributed by atoms with van der Waals surface area (Å²) in [6, 6.07) is 9.05. The highest BCUT2D eigenvalue weighted by Gasteiger charge is 2.25. The Morgan fingerprint density at radius 3 is 2.83 bits per heavy atom. The third-order valence-electron chi connectivity index (χ3n) is 4.57. The first-order chi connectivity index (χ1) is 11.7.